The van der Waals surface area contributed by atoms with Crippen LogP contribution in [0.3, 0.4) is 0 Å². The number of aromatic nitrogens is 4. The molecule has 1 fully saturated rings. The van der Waals surface area contributed by atoms with Gasteiger partial charge in [-0.3, -0.25) is 9.59 Å². The molecule has 3 aromatic rings. The zero-order valence-corrected chi connectivity index (χ0v) is 18.4. The fourth-order valence-electron chi connectivity index (χ4n) is 3.72. The van der Waals surface area contributed by atoms with E-state index in [4.69, 9.17) is 10.5 Å². The molecular formula is C23H25FN6O3. The molecule has 0 aliphatic carbocycles. The molecule has 1 saturated heterocycles. The number of benzene rings is 1. The highest BCUT2D eigenvalue weighted by molar-refractivity contribution is 5.96. The monoisotopic (exact) mass is 452 g/mol. The number of halogens is 1. The van der Waals surface area contributed by atoms with Crippen LogP contribution in [0.15, 0.2) is 42.7 Å². The number of nitrogens with zero attached hydrogens (tertiary/aromatic N) is 5. The lowest BCUT2D eigenvalue weighted by Gasteiger charge is -2.34. The minimum Gasteiger partial charge on any atom is -0.471 e. The van der Waals surface area contributed by atoms with Crippen LogP contribution in [0, 0.1) is 6.92 Å². The molecule has 0 saturated carbocycles. The minimum absolute atomic E-state index is 0.0308. The first kappa shape index (κ1) is 22.4. The van der Waals surface area contributed by atoms with Crippen molar-refractivity contribution in [3.05, 3.63) is 59.4 Å². The molecule has 0 unspecified atom stereocenters. The number of alkyl halides is 1. The Morgan fingerprint density at radius 3 is 2.64 bits per heavy atom. The maximum Gasteiger partial charge on any atom is 0.254 e. The summed E-state index contributed by atoms with van der Waals surface area (Å²) < 4.78 is 20.7. The van der Waals surface area contributed by atoms with Crippen molar-refractivity contribution >= 4 is 11.8 Å². The molecule has 0 spiro atoms. The first-order valence-electron chi connectivity index (χ1n) is 10.6. The smallest absolute Gasteiger partial charge is 0.254 e. The third kappa shape index (κ3) is 5.16. The number of likely N-dealkylation sites (tertiary alicyclic amines) is 1. The number of aryl methyl sites for hydroxylation is 2. The molecule has 2 amide bonds. The van der Waals surface area contributed by atoms with E-state index >= 15 is 0 Å². The van der Waals surface area contributed by atoms with E-state index in [1.165, 1.54) is 28.2 Å². The Morgan fingerprint density at radius 2 is 2.00 bits per heavy atom. The summed E-state index contributed by atoms with van der Waals surface area (Å²) in [5, 5.41) is 8.17. The molecule has 0 bridgehead atoms. The molecule has 4 rings (SSSR count). The average molecular weight is 452 g/mol. The fourth-order valence-corrected chi connectivity index (χ4v) is 3.72. The molecular weight excluding hydrogens is 427 g/mol. The Balaban J connectivity index is 1.42. The molecule has 10 heteroatoms. The van der Waals surface area contributed by atoms with Gasteiger partial charge in [0.25, 0.3) is 5.91 Å². The van der Waals surface area contributed by atoms with Crippen LogP contribution in [0.1, 0.15) is 27.9 Å². The fraction of sp³-hybridized carbons (Fsp3) is 0.348. The zero-order chi connectivity index (χ0) is 23.5. The number of amides is 2. The number of hydrogen-bond donors (Lipinski definition) is 1. The summed E-state index contributed by atoms with van der Waals surface area (Å²) in [6.45, 7) is 2.24. The first-order valence-corrected chi connectivity index (χ1v) is 10.6. The molecule has 33 heavy (non-hydrogen) atoms. The molecule has 1 aliphatic rings. The second-order valence-corrected chi connectivity index (χ2v) is 8.12. The molecule has 2 atom stereocenters. The summed E-state index contributed by atoms with van der Waals surface area (Å²) in [7, 11) is 1.67. The van der Waals surface area contributed by atoms with Gasteiger partial charge in [0.15, 0.2) is 6.17 Å². The number of piperidine rings is 1. The Bertz CT molecular complexity index is 1160. The summed E-state index contributed by atoms with van der Waals surface area (Å²) >= 11 is 0. The third-order valence-electron chi connectivity index (χ3n) is 5.59. The topological polar surface area (TPSA) is 116 Å². The van der Waals surface area contributed by atoms with Gasteiger partial charge in [0.05, 0.1) is 19.2 Å². The second kappa shape index (κ2) is 9.35. The molecule has 1 aliphatic heterocycles. The number of primary amides is 1. The Morgan fingerprint density at radius 1 is 1.24 bits per heavy atom. The zero-order valence-electron chi connectivity index (χ0n) is 18.4. The Kier molecular flexibility index (Phi) is 6.34. The summed E-state index contributed by atoms with van der Waals surface area (Å²) in [5.74, 6) is -0.921. The van der Waals surface area contributed by atoms with Crippen molar-refractivity contribution in [3.63, 3.8) is 0 Å². The molecule has 3 heterocycles. The van der Waals surface area contributed by atoms with Gasteiger partial charge in [-0.15, -0.1) is 0 Å². The van der Waals surface area contributed by atoms with Crippen LogP contribution in [0.4, 0.5) is 4.39 Å². The van der Waals surface area contributed by atoms with Crippen LogP contribution >= 0.6 is 0 Å². The molecule has 172 valence electrons. The van der Waals surface area contributed by atoms with E-state index in [1.54, 1.807) is 7.05 Å². The number of pyridine rings is 1. The molecule has 0 radical (unpaired) electrons. The van der Waals surface area contributed by atoms with E-state index in [2.05, 4.69) is 15.2 Å². The normalized spacial score (nSPS) is 18.2. The van der Waals surface area contributed by atoms with E-state index in [0.717, 1.165) is 11.1 Å². The maximum atomic E-state index is 14.9. The van der Waals surface area contributed by atoms with Gasteiger partial charge in [0.2, 0.25) is 11.8 Å². The summed E-state index contributed by atoms with van der Waals surface area (Å²) in [4.78, 5) is 31.7. The summed E-state index contributed by atoms with van der Waals surface area (Å²) in [6.07, 6.45) is 1.22. The number of ether oxygens (including phenoxy) is 1. The lowest BCUT2D eigenvalue weighted by atomic mass is 10.0. The third-order valence-corrected chi connectivity index (χ3v) is 5.59. The number of carbonyl (C=O) groups is 2. The van der Waals surface area contributed by atoms with Crippen LogP contribution < -0.4 is 10.5 Å². The number of carbonyl (C=O) groups excluding carboxylic acids is 2. The minimum atomic E-state index is -1.43. The maximum absolute atomic E-state index is 14.9. The van der Waals surface area contributed by atoms with E-state index in [-0.39, 0.29) is 36.7 Å². The highest BCUT2D eigenvalue weighted by Crippen LogP contribution is 2.26. The van der Waals surface area contributed by atoms with E-state index in [1.807, 2.05) is 31.2 Å². The highest BCUT2D eigenvalue weighted by atomic mass is 19.1. The quantitative estimate of drug-likeness (QED) is 0.610. The van der Waals surface area contributed by atoms with Crippen molar-refractivity contribution in [3.8, 4) is 17.1 Å². The first-order chi connectivity index (χ1) is 15.8. The standard InChI is InChI=1S/C23H25FN6O3/c1-14-3-5-15(6-4-14)9-21(31)30-8-7-20(18(24)13-30)33-23-17(22(25)32)10-16(11-26-23)19-12-27-29(2)28-19/h3-6,10-12,18,20H,7-9,13H2,1-2H3,(H2,25,32)/t18-,20+/m0/s1. The summed E-state index contributed by atoms with van der Waals surface area (Å²) in [6, 6.07) is 9.19. The predicted octanol–water partition coefficient (Wildman–Crippen LogP) is 1.84. The lowest BCUT2D eigenvalue weighted by Crippen LogP contribution is -2.49. The van der Waals surface area contributed by atoms with Crippen molar-refractivity contribution < 1.29 is 18.7 Å². The largest absolute Gasteiger partial charge is 0.471 e. The number of rotatable bonds is 6. The van der Waals surface area contributed by atoms with Gasteiger partial charge in [-0.1, -0.05) is 29.8 Å². The predicted molar refractivity (Wildman–Crippen MR) is 118 cm³/mol. The Hall–Kier alpha value is -3.82. The van der Waals surface area contributed by atoms with Crippen molar-refractivity contribution in [2.45, 2.75) is 32.0 Å². The number of hydrogen-bond acceptors (Lipinski definition) is 6. The molecule has 9 nitrogen and oxygen atoms in total. The van der Waals surface area contributed by atoms with Crippen molar-refractivity contribution in [2.75, 3.05) is 13.1 Å². The average Bonchev–Trinajstić information content (AvgIpc) is 3.23. The van der Waals surface area contributed by atoms with Gasteiger partial charge in [0, 0.05) is 31.8 Å². The number of nitrogens with two attached hydrogens (primary N) is 1. The molecule has 1 aromatic carbocycles. The highest BCUT2D eigenvalue weighted by Gasteiger charge is 2.34. The van der Waals surface area contributed by atoms with Gasteiger partial charge in [-0.2, -0.15) is 15.0 Å². The molecule has 2 N–H and O–H groups in total. The van der Waals surface area contributed by atoms with Gasteiger partial charge < -0.3 is 15.4 Å². The lowest BCUT2D eigenvalue weighted by molar-refractivity contribution is -0.134. The van der Waals surface area contributed by atoms with E-state index in [0.29, 0.717) is 17.8 Å². The Labute approximate surface area is 190 Å². The van der Waals surface area contributed by atoms with Gasteiger partial charge >= 0.3 is 0 Å². The van der Waals surface area contributed by atoms with Crippen LogP contribution in [0.25, 0.3) is 11.3 Å². The van der Waals surface area contributed by atoms with Crippen molar-refractivity contribution in [1.82, 2.24) is 24.9 Å². The van der Waals surface area contributed by atoms with E-state index in [9.17, 15) is 14.0 Å². The van der Waals surface area contributed by atoms with Crippen molar-refractivity contribution in [1.29, 1.82) is 0 Å². The van der Waals surface area contributed by atoms with E-state index < -0.39 is 18.2 Å². The second-order valence-electron chi connectivity index (χ2n) is 8.12. The van der Waals surface area contributed by atoms with Gasteiger partial charge in [0.1, 0.15) is 17.4 Å². The summed E-state index contributed by atoms with van der Waals surface area (Å²) in [5.41, 5.74) is 8.59. The molecule has 2 aromatic heterocycles. The van der Waals surface area contributed by atoms with Gasteiger partial charge in [-0.25, -0.2) is 9.37 Å². The van der Waals surface area contributed by atoms with Crippen LogP contribution in [0.2, 0.25) is 0 Å². The van der Waals surface area contributed by atoms with Crippen LogP contribution in [-0.4, -0.2) is 62.1 Å². The van der Waals surface area contributed by atoms with Crippen LogP contribution in [-0.2, 0) is 18.3 Å². The SMILES string of the molecule is Cc1ccc(CC(=O)N2CC[C@@H](Oc3ncc(-c4cnn(C)n4)cc3C(N)=O)[C@@H](F)C2)cc1. The van der Waals surface area contributed by atoms with Gasteiger partial charge in [-0.05, 0) is 18.6 Å². The van der Waals surface area contributed by atoms with Crippen molar-refractivity contribution in [2.24, 2.45) is 12.8 Å². The van der Waals surface area contributed by atoms with Crippen LogP contribution in [0.5, 0.6) is 5.88 Å².